The predicted molar refractivity (Wildman–Crippen MR) is 44.4 cm³/mol. The van der Waals surface area contributed by atoms with Gasteiger partial charge in [0.2, 0.25) is 0 Å². The first-order valence-corrected chi connectivity index (χ1v) is 4.72. The van der Waals surface area contributed by atoms with E-state index in [0.29, 0.717) is 0 Å². The van der Waals surface area contributed by atoms with Crippen LogP contribution in [0.1, 0.15) is 32.1 Å². The quantitative estimate of drug-likeness (QED) is 0.545. The van der Waals surface area contributed by atoms with Crippen molar-refractivity contribution < 1.29 is 5.11 Å². The van der Waals surface area contributed by atoms with Crippen molar-refractivity contribution in [2.24, 2.45) is 5.41 Å². The van der Waals surface area contributed by atoms with E-state index in [9.17, 15) is 5.11 Å². The molecule has 2 fully saturated rings. The molecule has 0 radical (unpaired) electrons. The molecule has 64 valence electrons. The molecule has 2 heteroatoms. The smallest absolute Gasteiger partial charge is 0.0608 e. The minimum atomic E-state index is -0.0182. The Morgan fingerprint density at radius 1 is 1.27 bits per heavy atom. The van der Waals surface area contributed by atoms with Gasteiger partial charge in [-0.25, -0.2) is 0 Å². The standard InChI is InChI=1S/C9H17NO/c11-8-3-1-4-9(8)5-2-6-10-7-9/h8,10-11H,1-7H2. The van der Waals surface area contributed by atoms with Gasteiger partial charge in [-0.1, -0.05) is 6.42 Å². The van der Waals surface area contributed by atoms with Crippen LogP contribution in [0.2, 0.25) is 0 Å². The summed E-state index contributed by atoms with van der Waals surface area (Å²) in [7, 11) is 0. The molecule has 1 heterocycles. The summed E-state index contributed by atoms with van der Waals surface area (Å²) < 4.78 is 0. The Morgan fingerprint density at radius 2 is 2.09 bits per heavy atom. The molecule has 0 aromatic heterocycles. The van der Waals surface area contributed by atoms with Crippen LogP contribution in [0.5, 0.6) is 0 Å². The maximum Gasteiger partial charge on any atom is 0.0608 e. The molecule has 2 rings (SSSR count). The molecule has 1 aliphatic heterocycles. The summed E-state index contributed by atoms with van der Waals surface area (Å²) in [6.07, 6.45) is 5.96. The first kappa shape index (κ1) is 7.56. The molecule has 1 saturated carbocycles. The minimum absolute atomic E-state index is 0.0182. The fraction of sp³-hybridized carbons (Fsp3) is 1.00. The molecule has 2 N–H and O–H groups in total. The van der Waals surface area contributed by atoms with Crippen LogP contribution in [0, 0.1) is 5.41 Å². The van der Waals surface area contributed by atoms with Crippen molar-refractivity contribution in [3.63, 3.8) is 0 Å². The summed E-state index contributed by atoms with van der Waals surface area (Å²) in [5.74, 6) is 0. The summed E-state index contributed by atoms with van der Waals surface area (Å²) in [6.45, 7) is 2.20. The highest BCUT2D eigenvalue weighted by Gasteiger charge is 2.42. The molecule has 1 aliphatic carbocycles. The zero-order valence-corrected chi connectivity index (χ0v) is 6.97. The van der Waals surface area contributed by atoms with Crippen molar-refractivity contribution >= 4 is 0 Å². The van der Waals surface area contributed by atoms with E-state index in [1.807, 2.05) is 0 Å². The van der Waals surface area contributed by atoms with Gasteiger partial charge in [-0.15, -0.1) is 0 Å². The lowest BCUT2D eigenvalue weighted by Crippen LogP contribution is -2.44. The molecule has 11 heavy (non-hydrogen) atoms. The second-order valence-electron chi connectivity index (χ2n) is 4.05. The number of nitrogens with one attached hydrogen (secondary N) is 1. The molecule has 2 atom stereocenters. The third-order valence-electron chi connectivity index (χ3n) is 3.36. The van der Waals surface area contributed by atoms with Gasteiger partial charge in [0.15, 0.2) is 0 Å². The van der Waals surface area contributed by atoms with Gasteiger partial charge < -0.3 is 10.4 Å². The van der Waals surface area contributed by atoms with E-state index >= 15 is 0 Å². The minimum Gasteiger partial charge on any atom is -0.393 e. The Labute approximate surface area is 68.0 Å². The molecule has 0 amide bonds. The van der Waals surface area contributed by atoms with E-state index in [2.05, 4.69) is 5.32 Å². The van der Waals surface area contributed by atoms with Crippen LogP contribution in [-0.2, 0) is 0 Å². The fourth-order valence-corrected chi connectivity index (χ4v) is 2.61. The van der Waals surface area contributed by atoms with Crippen molar-refractivity contribution in [3.05, 3.63) is 0 Å². The number of hydrogen-bond donors (Lipinski definition) is 2. The molecule has 0 aromatic rings. The van der Waals surface area contributed by atoms with E-state index in [4.69, 9.17) is 0 Å². The average Bonchev–Trinajstić information content (AvgIpc) is 2.36. The SMILES string of the molecule is OC1CCCC12CCCNC2. The maximum absolute atomic E-state index is 9.76. The van der Waals surface area contributed by atoms with Crippen molar-refractivity contribution in [3.8, 4) is 0 Å². The highest BCUT2D eigenvalue weighted by molar-refractivity contribution is 4.95. The molecule has 1 spiro atoms. The zero-order valence-electron chi connectivity index (χ0n) is 6.97. The molecule has 2 nitrogen and oxygen atoms in total. The normalized spacial score (nSPS) is 45.0. The summed E-state index contributed by atoms with van der Waals surface area (Å²) >= 11 is 0. The molecule has 2 aliphatic rings. The third-order valence-corrected chi connectivity index (χ3v) is 3.36. The van der Waals surface area contributed by atoms with Gasteiger partial charge in [0.05, 0.1) is 6.10 Å². The zero-order chi connectivity index (χ0) is 7.73. The first-order chi connectivity index (χ1) is 5.33. The number of aliphatic hydroxyl groups excluding tert-OH is 1. The van der Waals surface area contributed by atoms with Crippen LogP contribution in [0.25, 0.3) is 0 Å². The van der Waals surface area contributed by atoms with Crippen LogP contribution < -0.4 is 5.32 Å². The van der Waals surface area contributed by atoms with Crippen LogP contribution in [0.4, 0.5) is 0 Å². The van der Waals surface area contributed by atoms with E-state index < -0.39 is 0 Å². The van der Waals surface area contributed by atoms with E-state index in [1.54, 1.807) is 0 Å². The second-order valence-corrected chi connectivity index (χ2v) is 4.05. The molecule has 0 aromatic carbocycles. The topological polar surface area (TPSA) is 32.3 Å². The van der Waals surface area contributed by atoms with Gasteiger partial charge in [0.25, 0.3) is 0 Å². The van der Waals surface area contributed by atoms with Crippen LogP contribution in [0.15, 0.2) is 0 Å². The lowest BCUT2D eigenvalue weighted by molar-refractivity contribution is 0.0335. The van der Waals surface area contributed by atoms with Gasteiger partial charge in [-0.05, 0) is 32.2 Å². The maximum atomic E-state index is 9.76. The Bertz CT molecular complexity index is 140. The van der Waals surface area contributed by atoms with Crippen LogP contribution in [0.3, 0.4) is 0 Å². The number of hydrogen-bond acceptors (Lipinski definition) is 2. The summed E-state index contributed by atoms with van der Waals surface area (Å²) in [6, 6.07) is 0. The van der Waals surface area contributed by atoms with Crippen LogP contribution >= 0.6 is 0 Å². The van der Waals surface area contributed by atoms with Crippen molar-refractivity contribution in [2.75, 3.05) is 13.1 Å². The highest BCUT2D eigenvalue weighted by Crippen LogP contribution is 2.42. The Kier molecular flexibility index (Phi) is 1.90. The van der Waals surface area contributed by atoms with Gasteiger partial charge in [0.1, 0.15) is 0 Å². The fourth-order valence-electron chi connectivity index (χ4n) is 2.61. The molecule has 1 saturated heterocycles. The van der Waals surface area contributed by atoms with Crippen molar-refractivity contribution in [1.29, 1.82) is 0 Å². The van der Waals surface area contributed by atoms with Gasteiger partial charge in [-0.2, -0.15) is 0 Å². The average molecular weight is 155 g/mol. The predicted octanol–water partition coefficient (Wildman–Crippen LogP) is 0.901. The lowest BCUT2D eigenvalue weighted by atomic mass is 9.77. The van der Waals surface area contributed by atoms with Gasteiger partial charge in [0, 0.05) is 12.0 Å². The van der Waals surface area contributed by atoms with Crippen molar-refractivity contribution in [2.45, 2.75) is 38.2 Å². The summed E-state index contributed by atoms with van der Waals surface area (Å²) in [5.41, 5.74) is 0.276. The molecular formula is C9H17NO. The van der Waals surface area contributed by atoms with Gasteiger partial charge >= 0.3 is 0 Å². The second kappa shape index (κ2) is 2.76. The summed E-state index contributed by atoms with van der Waals surface area (Å²) in [5, 5.41) is 13.2. The molecule has 0 bridgehead atoms. The molecular weight excluding hydrogens is 138 g/mol. The van der Waals surface area contributed by atoms with E-state index in [1.165, 1.54) is 25.7 Å². The molecule has 2 unspecified atom stereocenters. The number of aliphatic hydroxyl groups is 1. The summed E-state index contributed by atoms with van der Waals surface area (Å²) in [4.78, 5) is 0. The Hall–Kier alpha value is -0.0800. The Morgan fingerprint density at radius 3 is 2.64 bits per heavy atom. The van der Waals surface area contributed by atoms with E-state index in [-0.39, 0.29) is 11.5 Å². The number of piperidine rings is 1. The monoisotopic (exact) mass is 155 g/mol. The van der Waals surface area contributed by atoms with Gasteiger partial charge in [-0.3, -0.25) is 0 Å². The Balaban J connectivity index is 2.06. The third kappa shape index (κ3) is 1.18. The van der Waals surface area contributed by atoms with Crippen LogP contribution in [-0.4, -0.2) is 24.3 Å². The van der Waals surface area contributed by atoms with E-state index in [0.717, 1.165) is 19.5 Å². The van der Waals surface area contributed by atoms with Crippen molar-refractivity contribution in [1.82, 2.24) is 5.32 Å². The first-order valence-electron chi connectivity index (χ1n) is 4.72. The highest BCUT2D eigenvalue weighted by atomic mass is 16.3. The largest absolute Gasteiger partial charge is 0.393 e. The number of rotatable bonds is 0. The lowest BCUT2D eigenvalue weighted by Gasteiger charge is -2.36.